The first-order valence-electron chi connectivity index (χ1n) is 9.17. The van der Waals surface area contributed by atoms with Crippen LogP contribution in [0.2, 0.25) is 0 Å². The maximum atomic E-state index is 14.8. The average molecular weight is 423 g/mol. The highest BCUT2D eigenvalue weighted by Gasteiger charge is 2.27. The fourth-order valence-electron chi connectivity index (χ4n) is 2.89. The van der Waals surface area contributed by atoms with Crippen molar-refractivity contribution >= 4 is 5.82 Å². The Morgan fingerprint density at radius 2 is 1.74 bits per heavy atom. The number of hydrogen-bond acceptors (Lipinski definition) is 6. The molecule has 2 aromatic carbocycles. The molecule has 2 heterocycles. The first-order chi connectivity index (χ1) is 14.8. The van der Waals surface area contributed by atoms with E-state index in [4.69, 9.17) is 10.5 Å². The fraction of sp³-hybridized carbons (Fsp3) is 0.0909. The Morgan fingerprint density at radius 1 is 0.935 bits per heavy atom. The summed E-state index contributed by atoms with van der Waals surface area (Å²) in [5.41, 5.74) is 6.71. The highest BCUT2D eigenvalue weighted by molar-refractivity contribution is 5.73. The van der Waals surface area contributed by atoms with E-state index in [2.05, 4.69) is 19.9 Å². The highest BCUT2D eigenvalue weighted by atomic mass is 19.3. The molecule has 0 aliphatic heterocycles. The van der Waals surface area contributed by atoms with Gasteiger partial charge in [-0.2, -0.15) is 13.8 Å². The topological polar surface area (TPSA) is 86.8 Å². The molecular weight excluding hydrogens is 407 g/mol. The first-order valence-corrected chi connectivity index (χ1v) is 9.17. The summed E-state index contributed by atoms with van der Waals surface area (Å²) in [5.74, 6) is -3.13. The van der Waals surface area contributed by atoms with E-state index in [1.165, 1.54) is 24.7 Å². The van der Waals surface area contributed by atoms with Crippen molar-refractivity contribution in [2.45, 2.75) is 12.8 Å². The molecule has 0 spiro atoms. The third-order valence-corrected chi connectivity index (χ3v) is 4.40. The summed E-state index contributed by atoms with van der Waals surface area (Å²) in [4.78, 5) is 15.7. The van der Waals surface area contributed by atoms with E-state index in [1.807, 2.05) is 0 Å². The van der Waals surface area contributed by atoms with Crippen LogP contribution in [0.15, 0.2) is 67.1 Å². The lowest BCUT2D eigenvalue weighted by molar-refractivity contribution is 0.0121. The van der Waals surface area contributed by atoms with E-state index >= 15 is 0 Å². The van der Waals surface area contributed by atoms with Crippen molar-refractivity contribution < 1.29 is 17.9 Å². The largest absolute Gasteiger partial charge is 0.424 e. The Bertz CT molecular complexity index is 1230. The first kappa shape index (κ1) is 20.3. The second-order valence-corrected chi connectivity index (χ2v) is 6.73. The third kappa shape index (κ3) is 4.45. The van der Waals surface area contributed by atoms with Gasteiger partial charge in [0.15, 0.2) is 0 Å². The molecule has 0 atom stereocenters. The summed E-state index contributed by atoms with van der Waals surface area (Å²) in [6, 6.07) is 12.2. The molecule has 0 amide bonds. The van der Waals surface area contributed by atoms with Crippen LogP contribution in [0, 0.1) is 5.82 Å². The predicted molar refractivity (Wildman–Crippen MR) is 109 cm³/mol. The van der Waals surface area contributed by atoms with E-state index in [1.54, 1.807) is 36.4 Å². The molecule has 31 heavy (non-hydrogen) atoms. The molecule has 0 radical (unpaired) electrons. The Hall–Kier alpha value is -4.01. The number of halogens is 3. The van der Waals surface area contributed by atoms with Gasteiger partial charge in [0.1, 0.15) is 23.1 Å². The van der Waals surface area contributed by atoms with Gasteiger partial charge in [-0.05, 0) is 29.8 Å². The molecule has 0 aliphatic rings. The van der Waals surface area contributed by atoms with Crippen LogP contribution in [0.1, 0.15) is 12.6 Å². The van der Waals surface area contributed by atoms with Crippen molar-refractivity contribution in [2.24, 2.45) is 0 Å². The summed E-state index contributed by atoms with van der Waals surface area (Å²) >= 11 is 0. The number of anilines is 1. The minimum atomic E-state index is -3.13. The minimum absolute atomic E-state index is 0.235. The molecule has 4 rings (SSSR count). The van der Waals surface area contributed by atoms with Crippen molar-refractivity contribution in [3.8, 4) is 34.1 Å². The van der Waals surface area contributed by atoms with Crippen molar-refractivity contribution in [1.82, 2.24) is 19.9 Å². The van der Waals surface area contributed by atoms with Gasteiger partial charge in [0.25, 0.3) is 5.92 Å². The number of hydrogen-bond donors (Lipinski definition) is 1. The van der Waals surface area contributed by atoms with E-state index in [9.17, 15) is 13.2 Å². The molecule has 4 aromatic rings. The molecule has 2 aromatic heterocycles. The van der Waals surface area contributed by atoms with Crippen LogP contribution in [-0.2, 0) is 5.92 Å². The van der Waals surface area contributed by atoms with Crippen molar-refractivity contribution in [3.05, 3.63) is 78.6 Å². The van der Waals surface area contributed by atoms with E-state index in [0.717, 1.165) is 13.0 Å². The number of benzene rings is 2. The summed E-state index contributed by atoms with van der Waals surface area (Å²) in [6.45, 7) is 0.739. The lowest BCUT2D eigenvalue weighted by Crippen LogP contribution is -2.10. The van der Waals surface area contributed by atoms with Crippen LogP contribution in [0.5, 0.6) is 11.8 Å². The molecule has 6 nitrogen and oxygen atoms in total. The third-order valence-electron chi connectivity index (χ3n) is 4.40. The quantitative estimate of drug-likeness (QED) is 0.473. The molecular formula is C22H16F3N5O. The summed E-state index contributed by atoms with van der Waals surface area (Å²) in [6.07, 6.45) is 3.93. The number of nitrogens with two attached hydrogens (primary N) is 1. The molecule has 0 unspecified atom stereocenters. The summed E-state index contributed by atoms with van der Waals surface area (Å²) < 4.78 is 47.6. The van der Waals surface area contributed by atoms with Gasteiger partial charge in [0.05, 0.1) is 18.1 Å². The number of alkyl halides is 2. The number of rotatable bonds is 5. The number of aromatic nitrogens is 4. The van der Waals surface area contributed by atoms with Gasteiger partial charge in [-0.25, -0.2) is 14.4 Å². The lowest BCUT2D eigenvalue weighted by Gasteiger charge is -2.13. The van der Waals surface area contributed by atoms with Gasteiger partial charge in [0.2, 0.25) is 0 Å². The van der Waals surface area contributed by atoms with E-state index in [-0.39, 0.29) is 17.4 Å². The second-order valence-electron chi connectivity index (χ2n) is 6.73. The number of ether oxygens (including phenoxy) is 1. The molecule has 2 N–H and O–H groups in total. The normalized spacial score (nSPS) is 11.4. The molecule has 0 fully saturated rings. The number of nitrogen functional groups attached to an aromatic ring is 1. The monoisotopic (exact) mass is 423 g/mol. The molecule has 0 saturated carbocycles. The van der Waals surface area contributed by atoms with Gasteiger partial charge in [0, 0.05) is 24.2 Å². The number of para-hydroxylation sites is 1. The zero-order chi connectivity index (χ0) is 22.0. The molecule has 0 saturated heterocycles. The maximum absolute atomic E-state index is 14.8. The van der Waals surface area contributed by atoms with Crippen LogP contribution < -0.4 is 10.5 Å². The predicted octanol–water partition coefficient (Wildman–Crippen LogP) is 5.23. The Balaban J connectivity index is 1.68. The zero-order valence-corrected chi connectivity index (χ0v) is 16.3. The molecule has 156 valence electrons. The van der Waals surface area contributed by atoms with E-state index < -0.39 is 17.4 Å². The Labute approximate surface area is 175 Å². The summed E-state index contributed by atoms with van der Waals surface area (Å²) in [5, 5.41) is 0. The van der Waals surface area contributed by atoms with Crippen molar-refractivity contribution in [3.63, 3.8) is 0 Å². The van der Waals surface area contributed by atoms with Crippen molar-refractivity contribution in [2.75, 3.05) is 5.73 Å². The minimum Gasteiger partial charge on any atom is -0.424 e. The zero-order valence-electron chi connectivity index (χ0n) is 16.3. The average Bonchev–Trinajstić information content (AvgIpc) is 2.74. The van der Waals surface area contributed by atoms with Crippen LogP contribution >= 0.6 is 0 Å². The second kappa shape index (κ2) is 8.02. The molecule has 9 heteroatoms. The van der Waals surface area contributed by atoms with Gasteiger partial charge < -0.3 is 10.5 Å². The van der Waals surface area contributed by atoms with Crippen LogP contribution in [0.4, 0.5) is 19.0 Å². The standard InChI is InChI=1S/C22H16F3N5O/c1-22(24,25)19-8-9-27-21(30-19)31-18-5-3-2-4-14(18)13-6-7-15(16(23)10-13)17-11-29-20(26)12-28-17/h2-12H,1H3,(H2,26,29). The Morgan fingerprint density at radius 3 is 2.45 bits per heavy atom. The maximum Gasteiger partial charge on any atom is 0.322 e. The summed E-state index contributed by atoms with van der Waals surface area (Å²) in [7, 11) is 0. The van der Waals surface area contributed by atoms with Crippen LogP contribution in [0.25, 0.3) is 22.4 Å². The van der Waals surface area contributed by atoms with Gasteiger partial charge in [-0.15, -0.1) is 0 Å². The highest BCUT2D eigenvalue weighted by Crippen LogP contribution is 2.35. The van der Waals surface area contributed by atoms with Gasteiger partial charge >= 0.3 is 6.01 Å². The van der Waals surface area contributed by atoms with Crippen LogP contribution in [0.3, 0.4) is 0 Å². The van der Waals surface area contributed by atoms with Crippen molar-refractivity contribution in [1.29, 1.82) is 0 Å². The van der Waals surface area contributed by atoms with E-state index in [0.29, 0.717) is 22.6 Å². The van der Waals surface area contributed by atoms with Gasteiger partial charge in [-0.3, -0.25) is 4.98 Å². The fourth-order valence-corrected chi connectivity index (χ4v) is 2.89. The number of nitrogens with zero attached hydrogens (tertiary/aromatic N) is 4. The Kier molecular flexibility index (Phi) is 5.24. The lowest BCUT2D eigenvalue weighted by atomic mass is 10.0. The molecule has 0 bridgehead atoms. The van der Waals surface area contributed by atoms with Crippen LogP contribution in [-0.4, -0.2) is 19.9 Å². The smallest absolute Gasteiger partial charge is 0.322 e. The SMILES string of the molecule is CC(F)(F)c1ccnc(Oc2ccccc2-c2ccc(-c3cnc(N)cn3)c(F)c2)n1. The molecule has 0 aliphatic carbocycles. The van der Waals surface area contributed by atoms with Gasteiger partial charge in [-0.1, -0.05) is 24.3 Å².